The summed E-state index contributed by atoms with van der Waals surface area (Å²) in [5.41, 5.74) is 2.81. The first-order valence-electron chi connectivity index (χ1n) is 8.92. The maximum atomic E-state index is 13.2. The monoisotopic (exact) mass is 384 g/mol. The number of hydrogen-bond acceptors (Lipinski definition) is 4. The minimum absolute atomic E-state index is 0.180. The predicted molar refractivity (Wildman–Crippen MR) is 110 cm³/mol. The second kappa shape index (κ2) is 7.82. The molecule has 0 aliphatic rings. The van der Waals surface area contributed by atoms with Gasteiger partial charge in [0.05, 0.1) is 5.69 Å². The van der Waals surface area contributed by atoms with E-state index in [1.807, 2.05) is 0 Å². The maximum Gasteiger partial charge on any atom is 0.349 e. The lowest BCUT2D eigenvalue weighted by molar-refractivity contribution is 0.0886. The van der Waals surface area contributed by atoms with E-state index in [1.54, 1.807) is 84.9 Å². The van der Waals surface area contributed by atoms with Gasteiger partial charge in [-0.15, -0.1) is 0 Å². The quantitative estimate of drug-likeness (QED) is 0.431. The molecule has 6 heteroatoms. The average Bonchev–Trinajstić information content (AvgIpc) is 2.77. The largest absolute Gasteiger partial charge is 0.422 e. The predicted octanol–water partition coefficient (Wildman–Crippen LogP) is 3.78. The second-order valence-electron chi connectivity index (χ2n) is 6.27. The highest BCUT2D eigenvalue weighted by molar-refractivity contribution is 6.09. The summed E-state index contributed by atoms with van der Waals surface area (Å²) in [6, 6.07) is 25.4. The molecule has 0 aliphatic carbocycles. The van der Waals surface area contributed by atoms with Crippen LogP contribution in [0.15, 0.2) is 100 Å². The summed E-state index contributed by atoms with van der Waals surface area (Å²) in [5.74, 6) is -1.17. The van der Waals surface area contributed by atoms with Crippen molar-refractivity contribution in [1.29, 1.82) is 0 Å². The fraction of sp³-hybridized carbons (Fsp3) is 0. The summed E-state index contributed by atoms with van der Waals surface area (Å²) in [7, 11) is 0. The summed E-state index contributed by atoms with van der Waals surface area (Å²) in [5, 5.41) is 1.66. The molecular weight excluding hydrogens is 368 g/mol. The van der Waals surface area contributed by atoms with Crippen molar-refractivity contribution in [3.63, 3.8) is 0 Å². The molecule has 142 valence electrons. The van der Waals surface area contributed by atoms with Gasteiger partial charge in [-0.05, 0) is 36.4 Å². The SMILES string of the molecule is O=C(NN(C(=O)c1cc2ccccc2oc1=O)c1ccccc1)c1ccccc1. The molecule has 0 unspecified atom stereocenters. The van der Waals surface area contributed by atoms with Gasteiger partial charge in [0.2, 0.25) is 0 Å². The number of fused-ring (bicyclic) bond motifs is 1. The van der Waals surface area contributed by atoms with Crippen LogP contribution in [0.3, 0.4) is 0 Å². The van der Waals surface area contributed by atoms with Crippen LogP contribution in [0.4, 0.5) is 5.69 Å². The maximum absolute atomic E-state index is 13.2. The zero-order chi connectivity index (χ0) is 20.2. The number of carbonyl (C=O) groups excluding carboxylic acids is 2. The first-order valence-corrected chi connectivity index (χ1v) is 8.92. The Balaban J connectivity index is 1.75. The average molecular weight is 384 g/mol. The number of nitrogens with one attached hydrogen (secondary N) is 1. The van der Waals surface area contributed by atoms with Crippen LogP contribution in [-0.2, 0) is 0 Å². The van der Waals surface area contributed by atoms with Crippen LogP contribution in [0.2, 0.25) is 0 Å². The van der Waals surface area contributed by atoms with E-state index in [0.717, 1.165) is 5.01 Å². The van der Waals surface area contributed by atoms with Gasteiger partial charge in [0.15, 0.2) is 0 Å². The molecule has 1 aromatic heterocycles. The van der Waals surface area contributed by atoms with E-state index in [4.69, 9.17) is 4.42 Å². The molecule has 0 saturated carbocycles. The minimum Gasteiger partial charge on any atom is -0.422 e. The molecule has 1 N–H and O–H groups in total. The van der Waals surface area contributed by atoms with Crippen molar-refractivity contribution < 1.29 is 14.0 Å². The molecule has 0 radical (unpaired) electrons. The summed E-state index contributed by atoms with van der Waals surface area (Å²) in [6.07, 6.45) is 0. The van der Waals surface area contributed by atoms with Crippen molar-refractivity contribution in [2.24, 2.45) is 0 Å². The topological polar surface area (TPSA) is 79.6 Å². The molecule has 6 nitrogen and oxygen atoms in total. The molecule has 29 heavy (non-hydrogen) atoms. The fourth-order valence-corrected chi connectivity index (χ4v) is 2.90. The van der Waals surface area contributed by atoms with Gasteiger partial charge in [0.25, 0.3) is 11.8 Å². The molecule has 4 aromatic rings. The van der Waals surface area contributed by atoms with E-state index in [9.17, 15) is 14.4 Å². The summed E-state index contributed by atoms with van der Waals surface area (Å²) in [4.78, 5) is 38.3. The summed E-state index contributed by atoms with van der Waals surface area (Å²) < 4.78 is 5.27. The number of anilines is 1. The first kappa shape index (κ1) is 18.2. The van der Waals surface area contributed by atoms with Crippen molar-refractivity contribution in [1.82, 2.24) is 5.43 Å². The van der Waals surface area contributed by atoms with Crippen molar-refractivity contribution in [3.05, 3.63) is 113 Å². The molecule has 0 saturated heterocycles. The number of amides is 2. The van der Waals surface area contributed by atoms with Crippen LogP contribution in [0.5, 0.6) is 0 Å². The van der Waals surface area contributed by atoms with Crippen molar-refractivity contribution in [2.45, 2.75) is 0 Å². The second-order valence-corrected chi connectivity index (χ2v) is 6.27. The van der Waals surface area contributed by atoms with Gasteiger partial charge < -0.3 is 4.42 Å². The van der Waals surface area contributed by atoms with Crippen LogP contribution < -0.4 is 16.1 Å². The summed E-state index contributed by atoms with van der Waals surface area (Å²) >= 11 is 0. The van der Waals surface area contributed by atoms with E-state index in [-0.39, 0.29) is 5.56 Å². The number of hydrogen-bond donors (Lipinski definition) is 1. The number of nitrogens with zero attached hydrogens (tertiary/aromatic N) is 1. The fourth-order valence-electron chi connectivity index (χ4n) is 2.90. The normalized spacial score (nSPS) is 10.5. The van der Waals surface area contributed by atoms with Gasteiger partial charge in [-0.2, -0.15) is 0 Å². The van der Waals surface area contributed by atoms with Crippen LogP contribution in [0, 0.1) is 0 Å². The van der Waals surface area contributed by atoms with Gasteiger partial charge in [-0.25, -0.2) is 9.80 Å². The van der Waals surface area contributed by atoms with E-state index in [2.05, 4.69) is 5.43 Å². The standard InChI is InChI=1S/C23H16N2O4/c26-21(16-9-3-1-4-10-16)24-25(18-12-5-2-6-13-18)22(27)19-15-17-11-7-8-14-20(17)29-23(19)28/h1-15H,(H,24,26). The lowest BCUT2D eigenvalue weighted by Crippen LogP contribution is -2.47. The van der Waals surface area contributed by atoms with Gasteiger partial charge in [0, 0.05) is 10.9 Å². The molecule has 1 heterocycles. The third-order valence-corrected chi connectivity index (χ3v) is 4.34. The number of benzene rings is 3. The Morgan fingerprint density at radius 2 is 1.41 bits per heavy atom. The van der Waals surface area contributed by atoms with Crippen LogP contribution in [0.1, 0.15) is 20.7 Å². The molecule has 0 bridgehead atoms. The number of hydrazine groups is 1. The molecule has 0 aliphatic heterocycles. The number of rotatable bonds is 3. The van der Waals surface area contributed by atoms with E-state index < -0.39 is 17.4 Å². The van der Waals surface area contributed by atoms with Crippen molar-refractivity contribution in [2.75, 3.05) is 5.01 Å². The highest BCUT2D eigenvalue weighted by Crippen LogP contribution is 2.17. The Morgan fingerprint density at radius 1 is 0.793 bits per heavy atom. The zero-order valence-corrected chi connectivity index (χ0v) is 15.2. The highest BCUT2D eigenvalue weighted by atomic mass is 16.4. The number of para-hydroxylation sites is 2. The minimum atomic E-state index is -0.774. The number of carbonyl (C=O) groups is 2. The van der Waals surface area contributed by atoms with Gasteiger partial charge in [0.1, 0.15) is 11.1 Å². The zero-order valence-electron chi connectivity index (χ0n) is 15.2. The van der Waals surface area contributed by atoms with Gasteiger partial charge in [-0.3, -0.25) is 15.0 Å². The van der Waals surface area contributed by atoms with Crippen molar-refractivity contribution >= 4 is 28.5 Å². The van der Waals surface area contributed by atoms with E-state index >= 15 is 0 Å². The molecule has 2 amide bonds. The van der Waals surface area contributed by atoms with Gasteiger partial charge >= 0.3 is 5.63 Å². The van der Waals surface area contributed by atoms with Gasteiger partial charge in [-0.1, -0.05) is 54.6 Å². The Hall–Kier alpha value is -4.19. The van der Waals surface area contributed by atoms with Crippen LogP contribution >= 0.6 is 0 Å². The third kappa shape index (κ3) is 3.77. The molecular formula is C23H16N2O4. The smallest absolute Gasteiger partial charge is 0.349 e. The lowest BCUT2D eigenvalue weighted by Gasteiger charge is -2.23. The van der Waals surface area contributed by atoms with E-state index in [0.29, 0.717) is 22.2 Å². The van der Waals surface area contributed by atoms with Crippen LogP contribution in [0.25, 0.3) is 11.0 Å². The third-order valence-electron chi connectivity index (χ3n) is 4.34. The molecule has 0 spiro atoms. The summed E-state index contributed by atoms with van der Waals surface area (Å²) in [6.45, 7) is 0. The highest BCUT2D eigenvalue weighted by Gasteiger charge is 2.24. The lowest BCUT2D eigenvalue weighted by atomic mass is 10.1. The Morgan fingerprint density at radius 3 is 2.14 bits per heavy atom. The Bertz CT molecular complexity index is 1230. The molecule has 0 fully saturated rings. The van der Waals surface area contributed by atoms with Crippen LogP contribution in [-0.4, -0.2) is 11.8 Å². The molecule has 4 rings (SSSR count). The van der Waals surface area contributed by atoms with E-state index in [1.165, 1.54) is 6.07 Å². The molecule has 3 aromatic carbocycles. The first-order chi connectivity index (χ1) is 14.1. The molecule has 0 atom stereocenters. The Kier molecular flexibility index (Phi) is 4.90. The Labute approximate surface area is 166 Å². The van der Waals surface area contributed by atoms with Crippen molar-refractivity contribution in [3.8, 4) is 0 Å².